The van der Waals surface area contributed by atoms with E-state index >= 15 is 0 Å². The topological polar surface area (TPSA) is 58.7 Å². The van der Waals surface area contributed by atoms with Crippen LogP contribution in [-0.4, -0.2) is 48.0 Å². The van der Waals surface area contributed by atoms with Gasteiger partial charge in [0.15, 0.2) is 11.4 Å². The maximum absolute atomic E-state index is 13.1. The zero-order chi connectivity index (χ0) is 21.1. The average molecular weight is 411 g/mol. The Morgan fingerprint density at radius 1 is 1.00 bits per heavy atom. The molecule has 6 nitrogen and oxygen atoms in total. The van der Waals surface area contributed by atoms with Crippen LogP contribution < -0.4 is 10.7 Å². The van der Waals surface area contributed by atoms with Gasteiger partial charge in [0.25, 0.3) is 0 Å². The number of unbranched alkanes of at least 4 members (excludes halogenated alkanes) is 1. The molecule has 2 aromatic carbocycles. The van der Waals surface area contributed by atoms with Crippen LogP contribution in [0.3, 0.4) is 0 Å². The van der Waals surface area contributed by atoms with Crippen molar-refractivity contribution in [1.82, 2.24) is 9.47 Å². The Morgan fingerprint density at radius 2 is 1.70 bits per heavy atom. The molecule has 7 heteroatoms. The summed E-state index contributed by atoms with van der Waals surface area (Å²) in [7, 11) is 0. The molecule has 1 fully saturated rings. The predicted molar refractivity (Wildman–Crippen MR) is 115 cm³/mol. The molecule has 158 valence electrons. The summed E-state index contributed by atoms with van der Waals surface area (Å²) in [6.07, 6.45) is 1.79. The largest absolute Gasteiger partial charge is 0.419 e. The summed E-state index contributed by atoms with van der Waals surface area (Å²) in [6.45, 7) is 6.75. The third-order valence-electron chi connectivity index (χ3n) is 5.74. The van der Waals surface area contributed by atoms with Crippen LogP contribution in [0.1, 0.15) is 30.1 Å². The first kappa shape index (κ1) is 20.3. The van der Waals surface area contributed by atoms with Crippen LogP contribution in [0.15, 0.2) is 51.7 Å². The molecule has 0 saturated carbocycles. The van der Waals surface area contributed by atoms with Gasteiger partial charge in [0.2, 0.25) is 0 Å². The monoisotopic (exact) mass is 411 g/mol. The number of Topliss-reactive ketones (excluding diaryl/α,β-unsaturated/α-hetero) is 1. The molecule has 1 saturated heterocycles. The molecule has 1 aliphatic rings. The first-order valence-electron chi connectivity index (χ1n) is 10.4. The number of piperazine rings is 1. The average Bonchev–Trinajstić information content (AvgIpc) is 3.07. The fourth-order valence-corrected chi connectivity index (χ4v) is 4.10. The summed E-state index contributed by atoms with van der Waals surface area (Å²) in [6, 6.07) is 11.8. The van der Waals surface area contributed by atoms with Gasteiger partial charge in [0, 0.05) is 44.0 Å². The number of nitrogens with zero attached hydrogens (tertiary/aromatic N) is 3. The molecule has 2 heterocycles. The van der Waals surface area contributed by atoms with Gasteiger partial charge in [-0.1, -0.05) is 6.07 Å². The summed E-state index contributed by atoms with van der Waals surface area (Å²) in [5.74, 6) is -0.696. The number of para-hydroxylation sites is 1. The molecular weight excluding hydrogens is 385 g/mol. The Hall–Kier alpha value is -2.93. The number of hydrogen-bond acceptors (Lipinski definition) is 5. The predicted octanol–water partition coefficient (Wildman–Crippen LogP) is 3.54. The van der Waals surface area contributed by atoms with E-state index in [1.54, 1.807) is 22.8 Å². The van der Waals surface area contributed by atoms with Crippen molar-refractivity contribution in [1.29, 1.82) is 0 Å². The van der Waals surface area contributed by atoms with Crippen molar-refractivity contribution in [2.45, 2.75) is 26.3 Å². The van der Waals surface area contributed by atoms with Gasteiger partial charge >= 0.3 is 5.76 Å². The van der Waals surface area contributed by atoms with Crippen molar-refractivity contribution in [2.75, 3.05) is 37.6 Å². The molecule has 0 bridgehead atoms. The van der Waals surface area contributed by atoms with Crippen molar-refractivity contribution in [3.8, 4) is 0 Å². The molecule has 30 heavy (non-hydrogen) atoms. The lowest BCUT2D eigenvalue weighted by Crippen LogP contribution is -2.46. The first-order valence-corrected chi connectivity index (χ1v) is 10.4. The highest BCUT2D eigenvalue weighted by Gasteiger charge is 2.18. The van der Waals surface area contributed by atoms with Gasteiger partial charge in [-0.15, -0.1) is 0 Å². The molecule has 0 unspecified atom stereocenters. The smallest absolute Gasteiger partial charge is 0.408 e. The lowest BCUT2D eigenvalue weighted by Gasteiger charge is -2.36. The van der Waals surface area contributed by atoms with Gasteiger partial charge in [0.05, 0.1) is 0 Å². The molecule has 4 rings (SSSR count). The highest BCUT2D eigenvalue weighted by Crippen LogP contribution is 2.20. The quantitative estimate of drug-likeness (QED) is 0.440. The maximum Gasteiger partial charge on any atom is 0.419 e. The van der Waals surface area contributed by atoms with Crippen LogP contribution in [0.2, 0.25) is 0 Å². The summed E-state index contributed by atoms with van der Waals surface area (Å²) in [5.41, 5.74) is 2.64. The SMILES string of the molecule is CC(=O)c1cccc2oc(=O)n(CCCCN3CCN(c4ccc(F)cc4)CC3)c12. The molecule has 0 amide bonds. The molecule has 1 aromatic heterocycles. The summed E-state index contributed by atoms with van der Waals surface area (Å²) in [4.78, 5) is 28.9. The number of ketones is 1. The van der Waals surface area contributed by atoms with Gasteiger partial charge in [-0.25, -0.2) is 9.18 Å². The fourth-order valence-electron chi connectivity index (χ4n) is 4.10. The Balaban J connectivity index is 1.29. The van der Waals surface area contributed by atoms with Crippen LogP contribution in [-0.2, 0) is 6.54 Å². The molecule has 0 N–H and O–H groups in total. The van der Waals surface area contributed by atoms with E-state index < -0.39 is 5.76 Å². The van der Waals surface area contributed by atoms with Crippen molar-refractivity contribution in [3.05, 3.63) is 64.4 Å². The first-order chi connectivity index (χ1) is 14.5. The van der Waals surface area contributed by atoms with Gasteiger partial charge in [-0.05, 0) is 62.7 Å². The number of benzene rings is 2. The van der Waals surface area contributed by atoms with Crippen LogP contribution in [0, 0.1) is 5.82 Å². The number of oxazole rings is 1. The van der Waals surface area contributed by atoms with E-state index in [-0.39, 0.29) is 11.6 Å². The minimum absolute atomic E-state index is 0.0748. The number of aromatic nitrogens is 1. The second-order valence-electron chi connectivity index (χ2n) is 7.74. The van der Waals surface area contributed by atoms with E-state index in [9.17, 15) is 14.0 Å². The van der Waals surface area contributed by atoms with E-state index in [0.29, 0.717) is 23.2 Å². The Bertz CT molecular complexity index is 1080. The van der Waals surface area contributed by atoms with E-state index in [1.807, 2.05) is 12.1 Å². The van der Waals surface area contributed by atoms with Crippen LogP contribution in [0.4, 0.5) is 10.1 Å². The lowest BCUT2D eigenvalue weighted by molar-refractivity contribution is 0.101. The molecule has 3 aromatic rings. The number of rotatable bonds is 7. The molecule has 0 spiro atoms. The molecule has 1 aliphatic heterocycles. The Labute approximate surface area is 174 Å². The zero-order valence-corrected chi connectivity index (χ0v) is 17.1. The minimum Gasteiger partial charge on any atom is -0.408 e. The van der Waals surface area contributed by atoms with Crippen LogP contribution >= 0.6 is 0 Å². The number of carbonyl (C=O) groups excluding carboxylic acids is 1. The Kier molecular flexibility index (Phi) is 5.99. The van der Waals surface area contributed by atoms with Crippen molar-refractivity contribution < 1.29 is 13.6 Å². The number of aryl methyl sites for hydroxylation is 1. The van der Waals surface area contributed by atoms with E-state index in [1.165, 1.54) is 19.1 Å². The normalized spacial score (nSPS) is 15.1. The highest BCUT2D eigenvalue weighted by molar-refractivity contribution is 6.04. The number of halogens is 1. The van der Waals surface area contributed by atoms with Crippen molar-refractivity contribution in [3.63, 3.8) is 0 Å². The summed E-state index contributed by atoms with van der Waals surface area (Å²) >= 11 is 0. The number of fused-ring (bicyclic) bond motifs is 1. The standard InChI is InChI=1S/C23H26FN3O3/c1-17(28)20-5-4-6-21-22(20)27(23(29)30-21)12-3-2-11-25-13-15-26(16-14-25)19-9-7-18(24)8-10-19/h4-10H,2-3,11-16H2,1H3. The third kappa shape index (κ3) is 4.31. The lowest BCUT2D eigenvalue weighted by atomic mass is 10.1. The van der Waals surface area contributed by atoms with Crippen LogP contribution in [0.25, 0.3) is 11.1 Å². The van der Waals surface area contributed by atoms with Gasteiger partial charge < -0.3 is 9.32 Å². The number of anilines is 1. The second kappa shape index (κ2) is 8.83. The Morgan fingerprint density at radius 3 is 2.40 bits per heavy atom. The minimum atomic E-state index is -0.411. The second-order valence-corrected chi connectivity index (χ2v) is 7.74. The van der Waals surface area contributed by atoms with Gasteiger partial charge in [-0.3, -0.25) is 14.3 Å². The van der Waals surface area contributed by atoms with Gasteiger partial charge in [-0.2, -0.15) is 0 Å². The van der Waals surface area contributed by atoms with Gasteiger partial charge in [0.1, 0.15) is 11.3 Å². The zero-order valence-electron chi connectivity index (χ0n) is 17.1. The number of carbonyl (C=O) groups is 1. The highest BCUT2D eigenvalue weighted by atomic mass is 19.1. The molecular formula is C23H26FN3O3. The van der Waals surface area contributed by atoms with E-state index in [2.05, 4.69) is 9.80 Å². The molecule has 0 aliphatic carbocycles. The maximum atomic E-state index is 13.1. The third-order valence-corrected chi connectivity index (χ3v) is 5.74. The number of hydrogen-bond donors (Lipinski definition) is 0. The fraction of sp³-hybridized carbons (Fsp3) is 0.391. The van der Waals surface area contributed by atoms with Crippen molar-refractivity contribution >= 4 is 22.6 Å². The van der Waals surface area contributed by atoms with E-state index in [4.69, 9.17) is 4.42 Å². The van der Waals surface area contributed by atoms with E-state index in [0.717, 1.165) is 51.3 Å². The van der Waals surface area contributed by atoms with Crippen LogP contribution in [0.5, 0.6) is 0 Å². The molecule has 0 radical (unpaired) electrons. The van der Waals surface area contributed by atoms with Crippen molar-refractivity contribution in [2.24, 2.45) is 0 Å². The molecule has 0 atom stereocenters. The summed E-state index contributed by atoms with van der Waals surface area (Å²) < 4.78 is 20.0. The summed E-state index contributed by atoms with van der Waals surface area (Å²) in [5, 5.41) is 0.